The predicted molar refractivity (Wildman–Crippen MR) is 104 cm³/mol. The van der Waals surface area contributed by atoms with Gasteiger partial charge in [0, 0.05) is 30.5 Å². The topological polar surface area (TPSA) is 60.0 Å². The molecule has 2 aromatic carbocycles. The number of rotatable bonds is 5. The molecular formula is C21H24N2O4. The number of aryl methyl sites for hydroxylation is 1. The lowest BCUT2D eigenvalue weighted by molar-refractivity contribution is -0.118. The third kappa shape index (κ3) is 4.10. The average Bonchev–Trinajstić information content (AvgIpc) is 3.22. The quantitative estimate of drug-likeness (QED) is 0.877. The van der Waals surface area contributed by atoms with Crippen LogP contribution in [0.5, 0.6) is 17.2 Å². The van der Waals surface area contributed by atoms with Crippen LogP contribution in [0, 0.1) is 6.92 Å². The number of carbonyl (C=O) groups excluding carboxylic acids is 1. The number of carbonyl (C=O) groups is 1. The van der Waals surface area contributed by atoms with Crippen molar-refractivity contribution in [3.8, 4) is 17.2 Å². The monoisotopic (exact) mass is 368 g/mol. The second-order valence-corrected chi connectivity index (χ2v) is 6.84. The third-order valence-corrected chi connectivity index (χ3v) is 4.84. The van der Waals surface area contributed by atoms with Gasteiger partial charge in [-0.15, -0.1) is 0 Å². The largest absolute Gasteiger partial charge is 0.486 e. The second kappa shape index (κ2) is 7.78. The first kappa shape index (κ1) is 17.5. The summed E-state index contributed by atoms with van der Waals surface area (Å²) in [4.78, 5) is 14.6. The van der Waals surface area contributed by atoms with E-state index in [0.717, 1.165) is 24.3 Å². The SMILES string of the molecule is Cc1cc(N2CCCC2)ccc1NC(=O)COc1ccc2c(c1)OCCO2. The van der Waals surface area contributed by atoms with Crippen LogP contribution < -0.4 is 24.4 Å². The predicted octanol–water partition coefficient (Wildman–Crippen LogP) is 3.38. The summed E-state index contributed by atoms with van der Waals surface area (Å²) in [5, 5.41) is 2.92. The van der Waals surface area contributed by atoms with E-state index in [9.17, 15) is 4.79 Å². The van der Waals surface area contributed by atoms with Crippen molar-refractivity contribution in [1.29, 1.82) is 0 Å². The van der Waals surface area contributed by atoms with Gasteiger partial charge in [0.2, 0.25) is 0 Å². The Bertz CT molecular complexity index is 831. The van der Waals surface area contributed by atoms with Crippen LogP contribution in [-0.4, -0.2) is 38.8 Å². The van der Waals surface area contributed by atoms with Crippen molar-refractivity contribution in [2.24, 2.45) is 0 Å². The maximum Gasteiger partial charge on any atom is 0.262 e. The average molecular weight is 368 g/mol. The number of ether oxygens (including phenoxy) is 3. The number of anilines is 2. The molecule has 2 aliphatic rings. The third-order valence-electron chi connectivity index (χ3n) is 4.84. The van der Waals surface area contributed by atoms with Crippen molar-refractivity contribution in [2.45, 2.75) is 19.8 Å². The molecule has 1 N–H and O–H groups in total. The van der Waals surface area contributed by atoms with E-state index < -0.39 is 0 Å². The molecule has 0 aliphatic carbocycles. The zero-order valence-electron chi connectivity index (χ0n) is 15.5. The number of fused-ring (bicyclic) bond motifs is 1. The van der Waals surface area contributed by atoms with E-state index >= 15 is 0 Å². The minimum atomic E-state index is -0.193. The molecule has 0 saturated carbocycles. The molecule has 2 aliphatic heterocycles. The Balaban J connectivity index is 1.34. The van der Waals surface area contributed by atoms with Gasteiger partial charge < -0.3 is 24.4 Å². The molecule has 0 spiro atoms. The number of benzene rings is 2. The first-order chi connectivity index (χ1) is 13.2. The summed E-state index contributed by atoms with van der Waals surface area (Å²) in [6.45, 7) is 5.22. The van der Waals surface area contributed by atoms with Gasteiger partial charge in [-0.2, -0.15) is 0 Å². The second-order valence-electron chi connectivity index (χ2n) is 6.84. The zero-order valence-corrected chi connectivity index (χ0v) is 15.5. The molecule has 1 fully saturated rings. The summed E-state index contributed by atoms with van der Waals surface area (Å²) in [5.74, 6) is 1.73. The van der Waals surface area contributed by atoms with Crippen LogP contribution in [-0.2, 0) is 4.79 Å². The van der Waals surface area contributed by atoms with E-state index in [1.54, 1.807) is 18.2 Å². The summed E-state index contributed by atoms with van der Waals surface area (Å²) < 4.78 is 16.6. The van der Waals surface area contributed by atoms with Crippen LogP contribution in [0.15, 0.2) is 36.4 Å². The Morgan fingerprint density at radius 3 is 2.63 bits per heavy atom. The molecule has 2 heterocycles. The minimum absolute atomic E-state index is 0.0625. The summed E-state index contributed by atoms with van der Waals surface area (Å²) in [5.41, 5.74) is 3.08. The van der Waals surface area contributed by atoms with Gasteiger partial charge in [0.15, 0.2) is 18.1 Å². The molecule has 27 heavy (non-hydrogen) atoms. The molecular weight excluding hydrogens is 344 g/mol. The van der Waals surface area contributed by atoms with E-state index in [2.05, 4.69) is 22.3 Å². The van der Waals surface area contributed by atoms with Crippen LogP contribution in [0.3, 0.4) is 0 Å². The fourth-order valence-corrected chi connectivity index (χ4v) is 3.41. The Kier molecular flexibility index (Phi) is 5.05. The Labute approximate surface area is 159 Å². The molecule has 0 radical (unpaired) electrons. The van der Waals surface area contributed by atoms with E-state index in [1.807, 2.05) is 13.0 Å². The fraction of sp³-hybridized carbons (Fsp3) is 0.381. The van der Waals surface area contributed by atoms with Crippen molar-refractivity contribution < 1.29 is 19.0 Å². The number of nitrogens with zero attached hydrogens (tertiary/aromatic N) is 1. The lowest BCUT2D eigenvalue weighted by Gasteiger charge is -2.20. The van der Waals surface area contributed by atoms with E-state index in [-0.39, 0.29) is 12.5 Å². The molecule has 6 nitrogen and oxygen atoms in total. The number of amides is 1. The van der Waals surface area contributed by atoms with Crippen LogP contribution in [0.2, 0.25) is 0 Å². The highest BCUT2D eigenvalue weighted by Gasteiger charge is 2.15. The Morgan fingerprint density at radius 1 is 1.07 bits per heavy atom. The van der Waals surface area contributed by atoms with Crippen molar-refractivity contribution in [1.82, 2.24) is 0 Å². The van der Waals surface area contributed by atoms with Crippen LogP contribution in [0.1, 0.15) is 18.4 Å². The highest BCUT2D eigenvalue weighted by molar-refractivity contribution is 5.92. The molecule has 4 rings (SSSR count). The van der Waals surface area contributed by atoms with Gasteiger partial charge in [-0.05, 0) is 55.7 Å². The van der Waals surface area contributed by atoms with Gasteiger partial charge in [0.05, 0.1) is 0 Å². The Hall–Kier alpha value is -2.89. The van der Waals surface area contributed by atoms with Crippen LogP contribution in [0.25, 0.3) is 0 Å². The summed E-state index contributed by atoms with van der Waals surface area (Å²) >= 11 is 0. The van der Waals surface area contributed by atoms with Crippen molar-refractivity contribution >= 4 is 17.3 Å². The number of hydrogen-bond donors (Lipinski definition) is 1. The molecule has 2 aromatic rings. The lowest BCUT2D eigenvalue weighted by Crippen LogP contribution is -2.21. The zero-order chi connectivity index (χ0) is 18.6. The Morgan fingerprint density at radius 2 is 1.85 bits per heavy atom. The first-order valence-corrected chi connectivity index (χ1v) is 9.37. The fourth-order valence-electron chi connectivity index (χ4n) is 3.41. The van der Waals surface area contributed by atoms with Gasteiger partial charge in [-0.1, -0.05) is 0 Å². The van der Waals surface area contributed by atoms with E-state index in [0.29, 0.717) is 30.5 Å². The van der Waals surface area contributed by atoms with E-state index in [4.69, 9.17) is 14.2 Å². The maximum absolute atomic E-state index is 12.3. The van der Waals surface area contributed by atoms with Gasteiger partial charge in [-0.25, -0.2) is 0 Å². The molecule has 0 bridgehead atoms. The van der Waals surface area contributed by atoms with E-state index in [1.165, 1.54) is 18.5 Å². The first-order valence-electron chi connectivity index (χ1n) is 9.37. The van der Waals surface area contributed by atoms with Crippen molar-refractivity contribution in [3.63, 3.8) is 0 Å². The maximum atomic E-state index is 12.3. The molecule has 0 unspecified atom stereocenters. The van der Waals surface area contributed by atoms with Gasteiger partial charge in [0.1, 0.15) is 19.0 Å². The molecule has 142 valence electrons. The smallest absolute Gasteiger partial charge is 0.262 e. The summed E-state index contributed by atoms with van der Waals surface area (Å²) in [7, 11) is 0. The molecule has 1 saturated heterocycles. The van der Waals surface area contributed by atoms with Crippen molar-refractivity contribution in [2.75, 3.05) is 43.1 Å². The van der Waals surface area contributed by atoms with Gasteiger partial charge in [0.25, 0.3) is 5.91 Å². The molecule has 0 atom stereocenters. The number of nitrogens with one attached hydrogen (secondary N) is 1. The lowest BCUT2D eigenvalue weighted by atomic mass is 10.1. The summed E-state index contributed by atoms with van der Waals surface area (Å²) in [6, 6.07) is 11.5. The molecule has 0 aromatic heterocycles. The summed E-state index contributed by atoms with van der Waals surface area (Å²) in [6.07, 6.45) is 2.49. The number of hydrogen-bond acceptors (Lipinski definition) is 5. The van der Waals surface area contributed by atoms with Crippen molar-refractivity contribution in [3.05, 3.63) is 42.0 Å². The normalized spacial score (nSPS) is 15.5. The van der Waals surface area contributed by atoms with Gasteiger partial charge >= 0.3 is 0 Å². The van der Waals surface area contributed by atoms with Crippen LogP contribution in [0.4, 0.5) is 11.4 Å². The molecule has 1 amide bonds. The molecule has 6 heteroatoms. The van der Waals surface area contributed by atoms with Crippen LogP contribution >= 0.6 is 0 Å². The minimum Gasteiger partial charge on any atom is -0.486 e. The standard InChI is InChI=1S/C21H24N2O4/c1-15-12-16(23-8-2-3-9-23)4-6-18(15)22-21(24)14-27-17-5-7-19-20(13-17)26-11-10-25-19/h4-7,12-13H,2-3,8-11,14H2,1H3,(H,22,24). The van der Waals surface area contributed by atoms with Gasteiger partial charge in [-0.3, -0.25) is 4.79 Å². The highest BCUT2D eigenvalue weighted by atomic mass is 16.6. The highest BCUT2D eigenvalue weighted by Crippen LogP contribution is 2.33.